The third-order valence-corrected chi connectivity index (χ3v) is 4.40. The minimum absolute atomic E-state index is 0.0249. The molecule has 17 heavy (non-hydrogen) atoms. The molecular formula is C12H17N3O2. The molecule has 5 nitrogen and oxygen atoms in total. The van der Waals surface area contributed by atoms with E-state index < -0.39 is 5.91 Å². The van der Waals surface area contributed by atoms with Crippen LogP contribution in [0.1, 0.15) is 32.1 Å². The number of carbonyl (C=O) groups excluding carboxylic acids is 1. The van der Waals surface area contributed by atoms with Gasteiger partial charge >= 0.3 is 0 Å². The molecule has 3 aliphatic rings. The molecule has 2 heterocycles. The number of hydrogen-bond donors (Lipinski definition) is 3. The van der Waals surface area contributed by atoms with Crippen LogP contribution in [-0.2, 0) is 4.79 Å². The van der Waals surface area contributed by atoms with Gasteiger partial charge in [-0.25, -0.2) is 0 Å². The van der Waals surface area contributed by atoms with E-state index in [1.54, 1.807) is 0 Å². The Morgan fingerprint density at radius 1 is 1.41 bits per heavy atom. The number of amides is 1. The molecule has 1 saturated heterocycles. The van der Waals surface area contributed by atoms with Crippen molar-refractivity contribution in [3.05, 3.63) is 11.3 Å². The number of nitrogens with zero attached hydrogens (tertiary/aromatic N) is 1. The number of aliphatic hydroxyl groups excluding tert-OH is 1. The van der Waals surface area contributed by atoms with E-state index >= 15 is 0 Å². The summed E-state index contributed by atoms with van der Waals surface area (Å²) in [6.07, 6.45) is 5.50. The summed E-state index contributed by atoms with van der Waals surface area (Å²) in [7, 11) is 0. The molecule has 2 aliphatic heterocycles. The van der Waals surface area contributed by atoms with Gasteiger partial charge in [-0.1, -0.05) is 12.8 Å². The Kier molecular flexibility index (Phi) is 2.18. The van der Waals surface area contributed by atoms with Crippen molar-refractivity contribution in [2.45, 2.75) is 44.2 Å². The van der Waals surface area contributed by atoms with Crippen LogP contribution >= 0.6 is 0 Å². The summed E-state index contributed by atoms with van der Waals surface area (Å²) in [5.74, 6) is 0.0336. The minimum Gasteiger partial charge on any atom is -0.509 e. The van der Waals surface area contributed by atoms with Crippen LogP contribution < -0.4 is 5.73 Å². The number of hydrogen-bond acceptors (Lipinski definition) is 3. The first-order chi connectivity index (χ1) is 8.11. The molecule has 4 N–H and O–H groups in total. The van der Waals surface area contributed by atoms with Gasteiger partial charge in [-0.05, 0) is 25.2 Å². The van der Waals surface area contributed by atoms with Gasteiger partial charge in [0.15, 0.2) is 0 Å². The predicted molar refractivity (Wildman–Crippen MR) is 62.6 cm³/mol. The first-order valence-electron chi connectivity index (χ1n) is 6.21. The fraction of sp³-hybridized carbons (Fsp3) is 0.667. The zero-order valence-electron chi connectivity index (χ0n) is 9.65. The van der Waals surface area contributed by atoms with Crippen LogP contribution in [0.4, 0.5) is 0 Å². The highest BCUT2D eigenvalue weighted by atomic mass is 16.3. The van der Waals surface area contributed by atoms with Crippen molar-refractivity contribution < 1.29 is 9.90 Å². The van der Waals surface area contributed by atoms with Crippen LogP contribution in [0.15, 0.2) is 11.3 Å². The molecular weight excluding hydrogens is 218 g/mol. The molecule has 0 aromatic carbocycles. The number of aliphatic hydroxyl groups is 1. The van der Waals surface area contributed by atoms with E-state index in [0.717, 1.165) is 12.8 Å². The van der Waals surface area contributed by atoms with E-state index in [9.17, 15) is 9.90 Å². The second-order valence-electron chi connectivity index (χ2n) is 5.24. The van der Waals surface area contributed by atoms with Crippen molar-refractivity contribution in [1.29, 1.82) is 5.41 Å². The largest absolute Gasteiger partial charge is 0.509 e. The van der Waals surface area contributed by atoms with E-state index in [0.29, 0.717) is 12.0 Å². The number of fused-ring (bicyclic) bond motifs is 3. The highest BCUT2D eigenvalue weighted by Gasteiger charge is 2.51. The monoisotopic (exact) mass is 235 g/mol. The van der Waals surface area contributed by atoms with Gasteiger partial charge < -0.3 is 15.7 Å². The molecule has 0 aromatic rings. The zero-order chi connectivity index (χ0) is 12.2. The van der Waals surface area contributed by atoms with E-state index in [4.69, 9.17) is 11.1 Å². The number of rotatable bonds is 1. The van der Waals surface area contributed by atoms with Crippen molar-refractivity contribution in [1.82, 2.24) is 4.90 Å². The molecule has 92 valence electrons. The minimum atomic E-state index is -0.686. The van der Waals surface area contributed by atoms with Crippen LogP contribution in [0, 0.1) is 11.3 Å². The number of primary amides is 1. The Hall–Kier alpha value is -1.52. The zero-order valence-corrected chi connectivity index (χ0v) is 9.65. The SMILES string of the molecule is N=C1C(C(N)=O)=C(O)[C@@H]2C[C@H]3CCCC[C@@H]3N12. The third kappa shape index (κ3) is 1.31. The Morgan fingerprint density at radius 2 is 2.12 bits per heavy atom. The maximum absolute atomic E-state index is 11.3. The molecule has 0 spiro atoms. The molecule has 2 fully saturated rings. The molecule has 3 rings (SSSR count). The molecule has 3 atom stereocenters. The Labute approximate surface area is 99.8 Å². The molecule has 1 aliphatic carbocycles. The van der Waals surface area contributed by atoms with E-state index in [1.807, 2.05) is 4.90 Å². The van der Waals surface area contributed by atoms with Gasteiger partial charge in [0.05, 0.1) is 6.04 Å². The molecule has 1 amide bonds. The number of carbonyl (C=O) groups is 1. The van der Waals surface area contributed by atoms with Crippen molar-refractivity contribution in [2.24, 2.45) is 11.7 Å². The van der Waals surface area contributed by atoms with Crippen molar-refractivity contribution in [3.8, 4) is 0 Å². The molecule has 0 bridgehead atoms. The summed E-state index contributed by atoms with van der Waals surface area (Å²) in [4.78, 5) is 13.2. The Balaban J connectivity index is 1.96. The second-order valence-corrected chi connectivity index (χ2v) is 5.24. The molecule has 0 aromatic heterocycles. The van der Waals surface area contributed by atoms with Crippen LogP contribution in [0.3, 0.4) is 0 Å². The summed E-state index contributed by atoms with van der Waals surface area (Å²) in [6, 6.07) is 0.151. The van der Waals surface area contributed by atoms with Crippen molar-refractivity contribution >= 4 is 11.7 Å². The normalized spacial score (nSPS) is 36.1. The van der Waals surface area contributed by atoms with Gasteiger partial charge in [0.25, 0.3) is 5.91 Å². The average Bonchev–Trinajstić information content (AvgIpc) is 2.76. The lowest BCUT2D eigenvalue weighted by molar-refractivity contribution is -0.114. The highest BCUT2D eigenvalue weighted by molar-refractivity contribution is 6.21. The standard InChI is InChI=1S/C12H17N3O2/c13-11-9(12(14)17)10(16)8-5-6-3-1-2-4-7(6)15(8)11/h6-8,13,16H,1-5H2,(H2,14,17)/t6-,7+,8+/m1/s1. The molecule has 1 saturated carbocycles. The van der Waals surface area contributed by atoms with Crippen LogP contribution in [0.5, 0.6) is 0 Å². The van der Waals surface area contributed by atoms with Crippen molar-refractivity contribution in [3.63, 3.8) is 0 Å². The summed E-state index contributed by atoms with van der Waals surface area (Å²) in [5.41, 5.74) is 5.25. The number of nitrogens with one attached hydrogen (secondary N) is 1. The average molecular weight is 235 g/mol. The highest BCUT2D eigenvalue weighted by Crippen LogP contribution is 2.45. The molecule has 5 heteroatoms. The second kappa shape index (κ2) is 3.48. The smallest absolute Gasteiger partial charge is 0.255 e. The first-order valence-corrected chi connectivity index (χ1v) is 6.21. The summed E-state index contributed by atoms with van der Waals surface area (Å²) >= 11 is 0. The van der Waals surface area contributed by atoms with E-state index in [2.05, 4.69) is 0 Å². The quantitative estimate of drug-likeness (QED) is 0.631. The Morgan fingerprint density at radius 3 is 2.82 bits per heavy atom. The summed E-state index contributed by atoms with van der Waals surface area (Å²) < 4.78 is 0. The third-order valence-electron chi connectivity index (χ3n) is 4.40. The van der Waals surface area contributed by atoms with Crippen LogP contribution in [0.2, 0.25) is 0 Å². The van der Waals surface area contributed by atoms with E-state index in [1.165, 1.54) is 19.3 Å². The fourth-order valence-corrected chi connectivity index (χ4v) is 3.69. The summed E-state index contributed by atoms with van der Waals surface area (Å²) in [6.45, 7) is 0. The summed E-state index contributed by atoms with van der Waals surface area (Å²) in [5, 5.41) is 18.1. The van der Waals surface area contributed by atoms with Crippen molar-refractivity contribution in [2.75, 3.05) is 0 Å². The van der Waals surface area contributed by atoms with Gasteiger partial charge in [-0.2, -0.15) is 0 Å². The number of nitrogens with two attached hydrogens (primary N) is 1. The lowest BCUT2D eigenvalue weighted by atomic mass is 9.84. The maximum atomic E-state index is 11.3. The lowest BCUT2D eigenvalue weighted by Gasteiger charge is -2.32. The van der Waals surface area contributed by atoms with Crippen LogP contribution in [-0.4, -0.2) is 33.8 Å². The van der Waals surface area contributed by atoms with Crippen LogP contribution in [0.25, 0.3) is 0 Å². The Bertz CT molecular complexity index is 429. The molecule has 0 unspecified atom stereocenters. The van der Waals surface area contributed by atoms with Gasteiger partial charge in [0.2, 0.25) is 0 Å². The fourth-order valence-electron chi connectivity index (χ4n) is 3.69. The first kappa shape index (κ1) is 10.6. The van der Waals surface area contributed by atoms with Gasteiger partial charge in [0.1, 0.15) is 17.2 Å². The predicted octanol–water partition coefficient (Wildman–Crippen LogP) is 0.908. The maximum Gasteiger partial charge on any atom is 0.255 e. The number of amidine groups is 1. The van der Waals surface area contributed by atoms with E-state index in [-0.39, 0.29) is 23.2 Å². The van der Waals surface area contributed by atoms with Gasteiger partial charge in [0, 0.05) is 6.04 Å². The lowest BCUT2D eigenvalue weighted by Crippen LogP contribution is -2.40. The van der Waals surface area contributed by atoms with Gasteiger partial charge in [-0.3, -0.25) is 10.2 Å². The molecule has 0 radical (unpaired) electrons. The van der Waals surface area contributed by atoms with Gasteiger partial charge in [-0.15, -0.1) is 0 Å². The topological polar surface area (TPSA) is 90.4 Å².